The molecule has 0 atom stereocenters. The number of ether oxygens (including phenoxy) is 1. The Morgan fingerprint density at radius 3 is 2.71 bits per heavy atom. The van der Waals surface area contributed by atoms with Crippen molar-refractivity contribution in [1.82, 2.24) is 5.32 Å². The van der Waals surface area contributed by atoms with Gasteiger partial charge in [-0.25, -0.2) is 0 Å². The van der Waals surface area contributed by atoms with Crippen LogP contribution in [0.1, 0.15) is 5.76 Å². The summed E-state index contributed by atoms with van der Waals surface area (Å²) in [5, 5.41) is 2.76. The van der Waals surface area contributed by atoms with Gasteiger partial charge in [0.05, 0.1) is 23.8 Å². The van der Waals surface area contributed by atoms with E-state index >= 15 is 0 Å². The lowest BCUT2D eigenvalue weighted by Crippen LogP contribution is -2.12. The highest BCUT2D eigenvalue weighted by molar-refractivity contribution is 9.10. The van der Waals surface area contributed by atoms with Crippen LogP contribution >= 0.6 is 15.9 Å². The molecule has 114 valence electrons. The smallest absolute Gasteiger partial charge is 0.295 e. The van der Waals surface area contributed by atoms with Crippen LogP contribution in [-0.2, 0) is 16.6 Å². The Morgan fingerprint density at radius 1 is 1.29 bits per heavy atom. The fourth-order valence-electron chi connectivity index (χ4n) is 1.70. The van der Waals surface area contributed by atoms with E-state index in [0.29, 0.717) is 23.7 Å². The van der Waals surface area contributed by atoms with E-state index in [4.69, 9.17) is 9.15 Å². The van der Waals surface area contributed by atoms with E-state index in [0.717, 1.165) is 4.47 Å². The Balaban J connectivity index is 2.24. The second kappa shape index (κ2) is 6.50. The van der Waals surface area contributed by atoms with Crippen LogP contribution in [0.5, 0.6) is 5.75 Å². The molecule has 0 fully saturated rings. The van der Waals surface area contributed by atoms with Gasteiger partial charge in [0, 0.05) is 6.07 Å². The SMILES string of the molecule is CNCc1ccc(S(=O)(=O)Nc2ccc(Br)c(OC)c2)o1. The molecule has 2 rings (SSSR count). The first-order valence-electron chi connectivity index (χ1n) is 6.06. The molecule has 0 amide bonds. The maximum absolute atomic E-state index is 12.2. The molecule has 0 unspecified atom stereocenters. The molecule has 0 aliphatic carbocycles. The summed E-state index contributed by atoms with van der Waals surface area (Å²) >= 11 is 3.31. The van der Waals surface area contributed by atoms with Gasteiger partial charge < -0.3 is 14.5 Å². The Bertz CT molecular complexity index is 728. The molecule has 21 heavy (non-hydrogen) atoms. The number of rotatable bonds is 6. The van der Waals surface area contributed by atoms with Crippen molar-refractivity contribution in [1.29, 1.82) is 0 Å². The Morgan fingerprint density at radius 2 is 2.05 bits per heavy atom. The first-order valence-corrected chi connectivity index (χ1v) is 8.33. The van der Waals surface area contributed by atoms with Gasteiger partial charge in [-0.05, 0) is 47.2 Å². The number of halogens is 1. The minimum Gasteiger partial charge on any atom is -0.495 e. The fourth-order valence-corrected chi connectivity index (χ4v) is 3.11. The predicted octanol–water partition coefficient (Wildman–Crippen LogP) is 2.57. The van der Waals surface area contributed by atoms with Crippen molar-refractivity contribution in [2.75, 3.05) is 18.9 Å². The summed E-state index contributed by atoms with van der Waals surface area (Å²) in [6.45, 7) is 0.460. The monoisotopic (exact) mass is 374 g/mol. The third-order valence-electron chi connectivity index (χ3n) is 2.66. The zero-order valence-corrected chi connectivity index (χ0v) is 13.9. The summed E-state index contributed by atoms with van der Waals surface area (Å²) in [6, 6.07) is 7.95. The predicted molar refractivity (Wildman–Crippen MR) is 83.0 cm³/mol. The van der Waals surface area contributed by atoms with Crippen LogP contribution in [0.25, 0.3) is 0 Å². The normalized spacial score (nSPS) is 11.4. The minimum absolute atomic E-state index is 0.130. The van der Waals surface area contributed by atoms with Gasteiger partial charge in [-0.15, -0.1) is 0 Å². The van der Waals surface area contributed by atoms with Crippen molar-refractivity contribution >= 4 is 31.6 Å². The highest BCUT2D eigenvalue weighted by Gasteiger charge is 2.19. The van der Waals surface area contributed by atoms with Crippen LogP contribution in [0.3, 0.4) is 0 Å². The molecule has 2 aromatic rings. The van der Waals surface area contributed by atoms with Gasteiger partial charge in [-0.3, -0.25) is 4.72 Å². The fraction of sp³-hybridized carbons (Fsp3) is 0.231. The zero-order valence-electron chi connectivity index (χ0n) is 11.5. The van der Waals surface area contributed by atoms with Crippen LogP contribution in [0, 0.1) is 0 Å². The number of hydrogen-bond acceptors (Lipinski definition) is 5. The van der Waals surface area contributed by atoms with Gasteiger partial charge in [-0.2, -0.15) is 8.42 Å². The van der Waals surface area contributed by atoms with E-state index in [1.807, 2.05) is 0 Å². The summed E-state index contributed by atoms with van der Waals surface area (Å²) in [4.78, 5) is 0. The van der Waals surface area contributed by atoms with E-state index in [9.17, 15) is 8.42 Å². The Hall–Kier alpha value is -1.51. The van der Waals surface area contributed by atoms with Crippen LogP contribution in [0.4, 0.5) is 5.69 Å². The number of nitrogens with one attached hydrogen (secondary N) is 2. The standard InChI is InChI=1S/C13H15BrN2O4S/c1-15-8-10-4-6-13(20-10)21(17,18)16-9-3-5-11(14)12(7-9)19-2/h3-7,15-16H,8H2,1-2H3. The Labute approximate surface area is 131 Å². The molecule has 8 heteroatoms. The number of hydrogen-bond donors (Lipinski definition) is 2. The van der Waals surface area contributed by atoms with Gasteiger partial charge in [-0.1, -0.05) is 0 Å². The molecule has 1 aromatic carbocycles. The third kappa shape index (κ3) is 3.78. The largest absolute Gasteiger partial charge is 0.495 e. The molecule has 0 saturated heterocycles. The van der Waals surface area contributed by atoms with Crippen LogP contribution in [0.2, 0.25) is 0 Å². The molecule has 0 bridgehead atoms. The molecule has 1 heterocycles. The first-order chi connectivity index (χ1) is 9.96. The van der Waals surface area contributed by atoms with Crippen molar-refractivity contribution in [3.8, 4) is 5.75 Å². The molecule has 1 aromatic heterocycles. The molecule has 0 radical (unpaired) electrons. The lowest BCUT2D eigenvalue weighted by Gasteiger charge is -2.08. The summed E-state index contributed by atoms with van der Waals surface area (Å²) in [7, 11) is -0.502. The van der Waals surface area contributed by atoms with Crippen LogP contribution in [0.15, 0.2) is 44.3 Å². The molecule has 0 aliphatic rings. The summed E-state index contributed by atoms with van der Waals surface area (Å²) in [5.41, 5.74) is 0.390. The van der Waals surface area contributed by atoms with E-state index in [1.54, 1.807) is 31.3 Å². The topological polar surface area (TPSA) is 80.6 Å². The number of benzene rings is 1. The van der Waals surface area contributed by atoms with Crippen molar-refractivity contribution < 1.29 is 17.6 Å². The molecule has 2 N–H and O–H groups in total. The zero-order chi connectivity index (χ0) is 15.5. The van der Waals surface area contributed by atoms with Crippen LogP contribution in [-0.4, -0.2) is 22.6 Å². The second-order valence-corrected chi connectivity index (χ2v) is 6.67. The molecule has 0 saturated carbocycles. The van der Waals surface area contributed by atoms with E-state index in [-0.39, 0.29) is 5.09 Å². The van der Waals surface area contributed by atoms with Gasteiger partial charge in [0.15, 0.2) is 0 Å². The summed E-state index contributed by atoms with van der Waals surface area (Å²) < 4.78 is 38.1. The van der Waals surface area contributed by atoms with Crippen LogP contribution < -0.4 is 14.8 Å². The van der Waals surface area contributed by atoms with Crippen molar-refractivity contribution in [3.63, 3.8) is 0 Å². The average molecular weight is 375 g/mol. The van der Waals surface area contributed by atoms with Gasteiger partial charge in [0.2, 0.25) is 5.09 Å². The van der Waals surface area contributed by atoms with E-state index in [1.165, 1.54) is 13.2 Å². The third-order valence-corrected chi connectivity index (χ3v) is 4.56. The quantitative estimate of drug-likeness (QED) is 0.811. The lowest BCUT2D eigenvalue weighted by molar-refractivity contribution is 0.408. The average Bonchev–Trinajstić information content (AvgIpc) is 2.91. The number of anilines is 1. The van der Waals surface area contributed by atoms with Gasteiger partial charge in [0.1, 0.15) is 11.5 Å². The highest BCUT2D eigenvalue weighted by atomic mass is 79.9. The molecule has 0 spiro atoms. The van der Waals surface area contributed by atoms with E-state index in [2.05, 4.69) is 26.0 Å². The summed E-state index contributed by atoms with van der Waals surface area (Å²) in [5.74, 6) is 1.08. The number of furan rings is 1. The maximum atomic E-state index is 12.2. The molecular formula is C13H15BrN2O4S. The number of sulfonamides is 1. The van der Waals surface area contributed by atoms with Gasteiger partial charge in [0.25, 0.3) is 10.0 Å². The second-order valence-electron chi connectivity index (χ2n) is 4.21. The van der Waals surface area contributed by atoms with Gasteiger partial charge >= 0.3 is 0 Å². The minimum atomic E-state index is -3.76. The van der Waals surface area contributed by atoms with E-state index < -0.39 is 10.0 Å². The molecule has 6 nitrogen and oxygen atoms in total. The first kappa shape index (κ1) is 15.9. The Kier molecular flexibility index (Phi) is 4.92. The highest BCUT2D eigenvalue weighted by Crippen LogP contribution is 2.29. The number of methoxy groups -OCH3 is 1. The lowest BCUT2D eigenvalue weighted by atomic mass is 10.3. The van der Waals surface area contributed by atoms with Crippen molar-refractivity contribution in [2.45, 2.75) is 11.6 Å². The molecular weight excluding hydrogens is 360 g/mol. The summed E-state index contributed by atoms with van der Waals surface area (Å²) in [6.07, 6.45) is 0. The molecule has 0 aliphatic heterocycles. The maximum Gasteiger partial charge on any atom is 0.295 e. The van der Waals surface area contributed by atoms with Crippen molar-refractivity contribution in [2.24, 2.45) is 0 Å². The van der Waals surface area contributed by atoms with Crippen molar-refractivity contribution in [3.05, 3.63) is 40.6 Å².